The van der Waals surface area contributed by atoms with E-state index in [2.05, 4.69) is 36.6 Å². The van der Waals surface area contributed by atoms with Gasteiger partial charge >= 0.3 is 0 Å². The highest BCUT2D eigenvalue weighted by atomic mass is 16.3. The van der Waals surface area contributed by atoms with E-state index in [0.717, 1.165) is 23.9 Å². The Kier molecular flexibility index (Phi) is 3.34. The summed E-state index contributed by atoms with van der Waals surface area (Å²) in [6.45, 7) is 1.34. The van der Waals surface area contributed by atoms with E-state index >= 15 is 0 Å². The largest absolute Gasteiger partial charge is 0.390 e. The van der Waals surface area contributed by atoms with Gasteiger partial charge in [-0.25, -0.2) is 4.99 Å². The summed E-state index contributed by atoms with van der Waals surface area (Å²) in [5, 5.41) is 25.1. The molecule has 0 aromatic rings. The number of rotatable bonds is 4. The number of hydrogen-bond donors (Lipinski definition) is 6. The van der Waals surface area contributed by atoms with Gasteiger partial charge in [0.15, 0.2) is 5.82 Å². The predicted octanol–water partition coefficient (Wildman–Crippen LogP) is -2.27. The predicted molar refractivity (Wildman–Crippen MR) is 72.2 cm³/mol. The zero-order valence-electron chi connectivity index (χ0n) is 10.3. The summed E-state index contributed by atoms with van der Waals surface area (Å²) in [7, 11) is 0. The monoisotopic (exact) mass is 263 g/mol. The summed E-state index contributed by atoms with van der Waals surface area (Å²) < 4.78 is 0. The summed E-state index contributed by atoms with van der Waals surface area (Å²) in [4.78, 5) is 8.39. The number of nitrogens with zero attached hydrogens (tertiary/aromatic N) is 2. The van der Waals surface area contributed by atoms with E-state index < -0.39 is 0 Å². The Hall–Kier alpha value is -2.06. The maximum absolute atomic E-state index is 9.06. The third-order valence-corrected chi connectivity index (χ3v) is 3.09. The van der Waals surface area contributed by atoms with Crippen molar-refractivity contribution < 1.29 is 5.11 Å². The minimum Gasteiger partial charge on any atom is -0.390 e. The molecule has 102 valence electrons. The summed E-state index contributed by atoms with van der Waals surface area (Å²) in [5.41, 5.74) is 1.74. The highest BCUT2D eigenvalue weighted by Crippen LogP contribution is 2.10. The molecule has 2 unspecified atom stereocenters. The van der Waals surface area contributed by atoms with Crippen molar-refractivity contribution >= 4 is 12.6 Å². The number of aliphatic hydroxyl groups is 1. The maximum atomic E-state index is 9.06. The van der Waals surface area contributed by atoms with E-state index in [1.54, 1.807) is 18.8 Å². The molecule has 0 bridgehead atoms. The number of fused-ring (bicyclic) bond motifs is 1. The zero-order chi connectivity index (χ0) is 13.1. The molecule has 19 heavy (non-hydrogen) atoms. The lowest BCUT2D eigenvalue weighted by molar-refractivity contribution is 0.318. The van der Waals surface area contributed by atoms with Gasteiger partial charge in [0.25, 0.3) is 0 Å². The molecular weight excluding hydrogens is 246 g/mol. The zero-order valence-corrected chi connectivity index (χ0v) is 10.3. The first-order valence-electron chi connectivity index (χ1n) is 6.20. The third kappa shape index (κ3) is 2.54. The van der Waals surface area contributed by atoms with E-state index in [9.17, 15) is 0 Å². The number of hydrogen-bond acceptors (Lipinski definition) is 8. The molecule has 0 spiro atoms. The second-order valence-corrected chi connectivity index (χ2v) is 4.42. The molecule has 6 N–H and O–H groups in total. The van der Waals surface area contributed by atoms with Crippen molar-refractivity contribution in [1.82, 2.24) is 26.6 Å². The molecule has 0 aromatic heterocycles. The topological polar surface area (TPSA) is 105 Å². The Labute approximate surface area is 110 Å². The molecule has 3 heterocycles. The molecule has 8 nitrogen and oxygen atoms in total. The van der Waals surface area contributed by atoms with E-state index in [0.29, 0.717) is 6.54 Å². The minimum absolute atomic E-state index is 0.0303. The van der Waals surface area contributed by atoms with Crippen LogP contribution in [0.5, 0.6) is 0 Å². The fourth-order valence-corrected chi connectivity index (χ4v) is 2.15. The quantitative estimate of drug-likeness (QED) is 0.342. The van der Waals surface area contributed by atoms with Crippen LogP contribution >= 0.6 is 0 Å². The average Bonchev–Trinajstić information content (AvgIpc) is 2.94. The Morgan fingerprint density at radius 3 is 3.32 bits per heavy atom. The Morgan fingerprint density at radius 2 is 2.42 bits per heavy atom. The molecule has 3 rings (SSSR count). The smallest absolute Gasteiger partial charge is 0.150 e. The van der Waals surface area contributed by atoms with E-state index in [4.69, 9.17) is 5.11 Å². The van der Waals surface area contributed by atoms with Crippen molar-refractivity contribution in [2.45, 2.75) is 12.2 Å². The van der Waals surface area contributed by atoms with Crippen LogP contribution in [0.2, 0.25) is 0 Å². The van der Waals surface area contributed by atoms with Crippen LogP contribution in [0.1, 0.15) is 0 Å². The highest BCUT2D eigenvalue weighted by molar-refractivity contribution is 5.67. The van der Waals surface area contributed by atoms with Crippen molar-refractivity contribution in [3.8, 4) is 0 Å². The standard InChI is InChI=1S/C11H17N7O/c19-4-8-2-12-1-7(18-8)3-13-10-9-11(15-5-14-9)17-6-16-10/h1-2,6-7,11,13-15,18-19H,3-5H2,(H,16,17). The molecule has 1 fully saturated rings. The van der Waals surface area contributed by atoms with Gasteiger partial charge < -0.3 is 26.4 Å². The average molecular weight is 263 g/mol. The molecule has 8 heteroatoms. The summed E-state index contributed by atoms with van der Waals surface area (Å²) in [5.74, 6) is 0.823. The number of aliphatic imine (C=N–C) groups is 2. The summed E-state index contributed by atoms with van der Waals surface area (Å²) >= 11 is 0. The maximum Gasteiger partial charge on any atom is 0.150 e. The van der Waals surface area contributed by atoms with Gasteiger partial charge in [-0.05, 0) is 0 Å². The van der Waals surface area contributed by atoms with Gasteiger partial charge in [-0.1, -0.05) is 0 Å². The van der Waals surface area contributed by atoms with Gasteiger partial charge in [0.1, 0.15) is 6.17 Å². The second-order valence-electron chi connectivity index (χ2n) is 4.42. The fourth-order valence-electron chi connectivity index (χ4n) is 2.15. The Morgan fingerprint density at radius 1 is 1.47 bits per heavy atom. The van der Waals surface area contributed by atoms with Crippen molar-refractivity contribution in [1.29, 1.82) is 0 Å². The van der Waals surface area contributed by atoms with Gasteiger partial charge in [0.05, 0.1) is 37.1 Å². The fraction of sp³-hybridized carbons (Fsp3) is 0.455. The second kappa shape index (κ2) is 5.29. The summed E-state index contributed by atoms with van der Waals surface area (Å²) in [6, 6.07) is 0.0400. The minimum atomic E-state index is -0.0303. The molecule has 0 aromatic carbocycles. The van der Waals surface area contributed by atoms with Crippen LogP contribution in [-0.4, -0.2) is 49.7 Å². The van der Waals surface area contributed by atoms with Crippen molar-refractivity contribution in [2.24, 2.45) is 9.98 Å². The molecule has 0 radical (unpaired) electrons. The van der Waals surface area contributed by atoms with Crippen molar-refractivity contribution in [3.05, 3.63) is 23.4 Å². The molecule has 3 aliphatic heterocycles. The molecule has 2 atom stereocenters. The first-order chi connectivity index (χ1) is 9.36. The van der Waals surface area contributed by atoms with Gasteiger partial charge in [-0.3, -0.25) is 10.3 Å². The first kappa shape index (κ1) is 12.0. The van der Waals surface area contributed by atoms with E-state index in [1.807, 2.05) is 0 Å². The Bertz CT molecular complexity index is 468. The molecule has 1 saturated heterocycles. The van der Waals surface area contributed by atoms with Crippen LogP contribution in [0.25, 0.3) is 0 Å². The van der Waals surface area contributed by atoms with E-state index in [1.165, 1.54) is 0 Å². The van der Waals surface area contributed by atoms with Crippen molar-refractivity contribution in [2.75, 3.05) is 19.8 Å². The molecule has 0 amide bonds. The van der Waals surface area contributed by atoms with Gasteiger partial charge in [0.2, 0.25) is 0 Å². The first-order valence-corrected chi connectivity index (χ1v) is 6.20. The lowest BCUT2D eigenvalue weighted by Crippen LogP contribution is -2.44. The Balaban J connectivity index is 1.59. The third-order valence-electron chi connectivity index (χ3n) is 3.09. The van der Waals surface area contributed by atoms with Crippen LogP contribution in [0.15, 0.2) is 33.4 Å². The van der Waals surface area contributed by atoms with Crippen LogP contribution in [0.3, 0.4) is 0 Å². The van der Waals surface area contributed by atoms with Gasteiger partial charge in [0, 0.05) is 19.0 Å². The lowest BCUT2D eigenvalue weighted by Gasteiger charge is -2.23. The SMILES string of the molecule is OCC1=CN=CC(CNC2=C3NCNC3NC=N2)N1. The number of aliphatic hydroxyl groups excluding tert-OH is 1. The van der Waals surface area contributed by atoms with Crippen molar-refractivity contribution in [3.63, 3.8) is 0 Å². The van der Waals surface area contributed by atoms with Crippen LogP contribution in [0.4, 0.5) is 0 Å². The summed E-state index contributed by atoms with van der Waals surface area (Å²) in [6.07, 6.45) is 5.21. The molecule has 0 saturated carbocycles. The van der Waals surface area contributed by atoms with Gasteiger partial charge in [-0.2, -0.15) is 0 Å². The van der Waals surface area contributed by atoms with Crippen LogP contribution in [-0.2, 0) is 0 Å². The molecule has 0 aliphatic carbocycles. The van der Waals surface area contributed by atoms with Gasteiger partial charge in [-0.15, -0.1) is 0 Å². The lowest BCUT2D eigenvalue weighted by atomic mass is 10.2. The highest BCUT2D eigenvalue weighted by Gasteiger charge is 2.25. The van der Waals surface area contributed by atoms with Crippen LogP contribution < -0.4 is 26.6 Å². The number of nitrogens with one attached hydrogen (secondary N) is 5. The van der Waals surface area contributed by atoms with Crippen LogP contribution in [0, 0.1) is 0 Å². The normalized spacial score (nSPS) is 28.2. The molecular formula is C11H17N7O. The molecule has 3 aliphatic rings. The van der Waals surface area contributed by atoms with E-state index in [-0.39, 0.29) is 18.8 Å².